The fourth-order valence-corrected chi connectivity index (χ4v) is 3.52. The number of anilines is 4. The Morgan fingerprint density at radius 1 is 1.12 bits per heavy atom. The summed E-state index contributed by atoms with van der Waals surface area (Å²) in [5.41, 5.74) is 2.76. The Balaban J connectivity index is 1.56. The number of benzene rings is 1. The smallest absolute Gasteiger partial charge is 0.247 e. The van der Waals surface area contributed by atoms with Gasteiger partial charge in [-0.25, -0.2) is 9.97 Å². The summed E-state index contributed by atoms with van der Waals surface area (Å²) in [4.78, 5) is 25.7. The number of aromatic nitrogens is 4. The molecule has 1 aliphatic rings. The van der Waals surface area contributed by atoms with Gasteiger partial charge in [0.2, 0.25) is 5.91 Å². The molecular weight excluding hydrogens is 404 g/mol. The predicted octanol–water partition coefficient (Wildman–Crippen LogP) is 2.72. The molecule has 0 saturated carbocycles. The summed E-state index contributed by atoms with van der Waals surface area (Å²) in [6.07, 6.45) is 1.83. The van der Waals surface area contributed by atoms with E-state index in [2.05, 4.69) is 44.3 Å². The number of aryl methyl sites for hydroxylation is 1. The maximum Gasteiger partial charge on any atom is 0.247 e. The van der Waals surface area contributed by atoms with Gasteiger partial charge in [-0.05, 0) is 37.7 Å². The molecule has 1 amide bonds. The summed E-state index contributed by atoms with van der Waals surface area (Å²) in [6.45, 7) is 9.27. The van der Waals surface area contributed by atoms with Crippen LogP contribution in [-0.2, 0) is 11.2 Å². The van der Waals surface area contributed by atoms with Crippen LogP contribution in [0.4, 0.5) is 23.1 Å². The van der Waals surface area contributed by atoms with Crippen molar-refractivity contribution in [3.63, 3.8) is 0 Å². The van der Waals surface area contributed by atoms with E-state index in [9.17, 15) is 4.79 Å². The first kappa shape index (κ1) is 21.5. The first-order valence-electron chi connectivity index (χ1n) is 10.6. The van der Waals surface area contributed by atoms with Crippen LogP contribution >= 0.6 is 0 Å². The largest absolute Gasteiger partial charge is 0.354 e. The van der Waals surface area contributed by atoms with E-state index in [0.717, 1.165) is 60.6 Å². The number of H-pyrrole nitrogens is 1. The second kappa shape index (κ2) is 9.61. The first-order valence-corrected chi connectivity index (χ1v) is 10.6. The Labute approximate surface area is 187 Å². The van der Waals surface area contributed by atoms with Gasteiger partial charge in [0.25, 0.3) is 0 Å². The fourth-order valence-electron chi connectivity index (χ4n) is 3.52. The Kier molecular flexibility index (Phi) is 6.46. The summed E-state index contributed by atoms with van der Waals surface area (Å²) < 4.78 is 0. The second-order valence-corrected chi connectivity index (χ2v) is 7.95. The molecule has 3 N–H and O–H groups in total. The minimum atomic E-state index is -0.231. The van der Waals surface area contributed by atoms with Crippen LogP contribution in [0.2, 0.25) is 0 Å². The summed E-state index contributed by atoms with van der Waals surface area (Å²) >= 11 is 0. The number of likely N-dealkylation sites (N-methyl/N-ethyl adjacent to an activating group) is 1. The molecule has 3 aromatic rings. The molecule has 0 aliphatic carbocycles. The molecule has 0 unspecified atom stereocenters. The van der Waals surface area contributed by atoms with Crippen LogP contribution < -0.4 is 15.5 Å². The Morgan fingerprint density at radius 2 is 1.88 bits per heavy atom. The van der Waals surface area contributed by atoms with Gasteiger partial charge in [0.05, 0.1) is 0 Å². The third-order valence-corrected chi connectivity index (χ3v) is 5.32. The molecule has 0 spiro atoms. The molecule has 0 atom stereocenters. The average Bonchev–Trinajstić information content (AvgIpc) is 3.19. The van der Waals surface area contributed by atoms with E-state index >= 15 is 0 Å². The van der Waals surface area contributed by atoms with Gasteiger partial charge in [0.15, 0.2) is 5.82 Å². The van der Waals surface area contributed by atoms with Gasteiger partial charge < -0.3 is 20.4 Å². The van der Waals surface area contributed by atoms with Crippen LogP contribution in [0.25, 0.3) is 0 Å². The molecule has 9 heteroatoms. The van der Waals surface area contributed by atoms with Gasteiger partial charge >= 0.3 is 0 Å². The highest BCUT2D eigenvalue weighted by molar-refractivity contribution is 5.98. The van der Waals surface area contributed by atoms with Gasteiger partial charge in [-0.15, -0.1) is 0 Å². The van der Waals surface area contributed by atoms with E-state index in [1.807, 2.05) is 43.3 Å². The number of hydrogen-bond donors (Lipinski definition) is 3. The number of piperazine rings is 1. The van der Waals surface area contributed by atoms with E-state index in [-0.39, 0.29) is 5.91 Å². The number of nitrogens with one attached hydrogen (secondary N) is 3. The van der Waals surface area contributed by atoms with Crippen LogP contribution in [0.15, 0.2) is 49.1 Å². The maximum atomic E-state index is 11.5. The van der Waals surface area contributed by atoms with Crippen LogP contribution in [0.1, 0.15) is 17.1 Å². The zero-order valence-corrected chi connectivity index (χ0v) is 18.4. The van der Waals surface area contributed by atoms with E-state index in [1.54, 1.807) is 0 Å². The van der Waals surface area contributed by atoms with E-state index < -0.39 is 0 Å². The number of hydrogen-bond acceptors (Lipinski definition) is 7. The van der Waals surface area contributed by atoms with E-state index in [4.69, 9.17) is 9.97 Å². The summed E-state index contributed by atoms with van der Waals surface area (Å²) in [5.74, 6) is 2.83. The molecule has 166 valence electrons. The Morgan fingerprint density at radius 3 is 2.53 bits per heavy atom. The normalized spacial score (nSPS) is 14.2. The highest BCUT2D eigenvalue weighted by Gasteiger charge is 2.18. The summed E-state index contributed by atoms with van der Waals surface area (Å²) in [6, 6.07) is 11.6. The molecule has 4 rings (SSSR count). The third kappa shape index (κ3) is 5.50. The van der Waals surface area contributed by atoms with Crippen molar-refractivity contribution in [1.82, 2.24) is 25.1 Å². The van der Waals surface area contributed by atoms with Gasteiger partial charge in [0.1, 0.15) is 17.5 Å². The van der Waals surface area contributed by atoms with Crippen LogP contribution in [-0.4, -0.2) is 64.2 Å². The van der Waals surface area contributed by atoms with Crippen molar-refractivity contribution >= 4 is 29.0 Å². The van der Waals surface area contributed by atoms with E-state index in [1.165, 1.54) is 6.08 Å². The summed E-state index contributed by atoms with van der Waals surface area (Å²) in [5, 5.41) is 13.2. The number of aromatic amines is 1. The molecule has 0 radical (unpaired) electrons. The van der Waals surface area contributed by atoms with Crippen molar-refractivity contribution in [2.24, 2.45) is 0 Å². The molecule has 0 bridgehead atoms. The minimum absolute atomic E-state index is 0.231. The molecule has 1 saturated heterocycles. The SMILES string of the molecule is C=CC(=O)Nc1ccc(Cc2nc(Nc3cc(C)[nH]n3)cc(N3CCN(C)CC3)n2)cc1. The Bertz CT molecular complexity index is 1080. The van der Waals surface area contributed by atoms with Crippen molar-refractivity contribution in [3.8, 4) is 0 Å². The van der Waals surface area contributed by atoms with Gasteiger partial charge in [-0.1, -0.05) is 18.7 Å². The summed E-state index contributed by atoms with van der Waals surface area (Å²) in [7, 11) is 2.14. The van der Waals surface area contributed by atoms with Gasteiger partial charge in [-0.2, -0.15) is 5.10 Å². The second-order valence-electron chi connectivity index (χ2n) is 7.95. The van der Waals surface area contributed by atoms with Crippen molar-refractivity contribution in [3.05, 3.63) is 66.1 Å². The monoisotopic (exact) mass is 432 g/mol. The molecule has 1 aliphatic heterocycles. The molecule has 32 heavy (non-hydrogen) atoms. The van der Waals surface area contributed by atoms with Gasteiger partial charge in [0, 0.05) is 56.1 Å². The number of nitrogens with zero attached hydrogens (tertiary/aromatic N) is 5. The molecule has 3 heterocycles. The average molecular weight is 433 g/mol. The standard InChI is InChI=1S/C23H28N8O/c1-4-23(32)24-18-7-5-17(6-8-18)14-19-25-20(26-21-13-16(2)28-29-21)15-22(27-19)31-11-9-30(3)10-12-31/h4-8,13,15H,1,9-12,14H2,2-3H3,(H,24,32)(H2,25,26,27,28,29). The van der Waals surface area contributed by atoms with Crippen molar-refractivity contribution < 1.29 is 4.79 Å². The van der Waals surface area contributed by atoms with Crippen LogP contribution in [0.5, 0.6) is 0 Å². The van der Waals surface area contributed by atoms with Gasteiger partial charge in [-0.3, -0.25) is 9.89 Å². The highest BCUT2D eigenvalue weighted by atomic mass is 16.1. The molecule has 2 aromatic heterocycles. The lowest BCUT2D eigenvalue weighted by Gasteiger charge is -2.33. The third-order valence-electron chi connectivity index (χ3n) is 5.32. The zero-order valence-electron chi connectivity index (χ0n) is 18.4. The number of amides is 1. The fraction of sp³-hybridized carbons (Fsp3) is 0.304. The maximum absolute atomic E-state index is 11.5. The zero-order chi connectivity index (χ0) is 22.5. The molecule has 9 nitrogen and oxygen atoms in total. The predicted molar refractivity (Wildman–Crippen MR) is 126 cm³/mol. The minimum Gasteiger partial charge on any atom is -0.354 e. The molecular formula is C23H28N8O. The molecule has 1 aromatic carbocycles. The molecule has 1 fully saturated rings. The van der Waals surface area contributed by atoms with Crippen molar-refractivity contribution in [2.45, 2.75) is 13.3 Å². The van der Waals surface area contributed by atoms with E-state index in [0.29, 0.717) is 12.2 Å². The first-order chi connectivity index (χ1) is 15.5. The van der Waals surface area contributed by atoms with Crippen LogP contribution in [0.3, 0.4) is 0 Å². The number of carbonyl (C=O) groups excluding carboxylic acids is 1. The lowest BCUT2D eigenvalue weighted by atomic mass is 10.1. The topological polar surface area (TPSA) is 102 Å². The number of rotatable bonds is 7. The van der Waals surface area contributed by atoms with Crippen molar-refractivity contribution in [2.75, 3.05) is 48.8 Å². The van der Waals surface area contributed by atoms with Crippen LogP contribution in [0, 0.1) is 6.92 Å². The quantitative estimate of drug-likeness (QED) is 0.494. The number of carbonyl (C=O) groups is 1. The lowest BCUT2D eigenvalue weighted by molar-refractivity contribution is -0.111. The Hall–Kier alpha value is -3.72. The van der Waals surface area contributed by atoms with Crippen molar-refractivity contribution in [1.29, 1.82) is 0 Å². The highest BCUT2D eigenvalue weighted by Crippen LogP contribution is 2.22. The lowest BCUT2D eigenvalue weighted by Crippen LogP contribution is -2.44.